The van der Waals surface area contributed by atoms with Crippen LogP contribution in [0, 0.1) is 10.8 Å². The van der Waals surface area contributed by atoms with Crippen LogP contribution in [0.4, 0.5) is 0 Å². The molecular formula is C12H22AgO8P. The van der Waals surface area contributed by atoms with Gasteiger partial charge in [-0.05, 0) is 41.5 Å². The maximum Gasteiger partial charge on any atom is 1.00 e. The topological polar surface area (TPSA) is 111 Å². The van der Waals surface area contributed by atoms with E-state index < -0.39 is 44.2 Å². The normalized spacial score (nSPS) is 12.3. The van der Waals surface area contributed by atoms with E-state index in [1.54, 1.807) is 41.5 Å². The van der Waals surface area contributed by atoms with Crippen molar-refractivity contribution in [3.63, 3.8) is 0 Å². The first-order valence-corrected chi connectivity index (χ1v) is 7.66. The van der Waals surface area contributed by atoms with Crippen LogP contribution in [-0.4, -0.2) is 25.5 Å². The van der Waals surface area contributed by atoms with Gasteiger partial charge in [-0.1, -0.05) is 0 Å². The Morgan fingerprint density at radius 2 is 1.14 bits per heavy atom. The van der Waals surface area contributed by atoms with E-state index in [-0.39, 0.29) is 22.4 Å². The number of esters is 2. The quantitative estimate of drug-likeness (QED) is 0.269. The Bertz CT molecular complexity index is 388. The van der Waals surface area contributed by atoms with E-state index in [4.69, 9.17) is 0 Å². The molecular weight excluding hydrogens is 411 g/mol. The van der Waals surface area contributed by atoms with Crippen molar-refractivity contribution in [2.75, 3.05) is 13.6 Å². The fraction of sp³-hybridized carbons (Fsp3) is 0.833. The third-order valence-corrected chi connectivity index (χ3v) is 2.87. The summed E-state index contributed by atoms with van der Waals surface area (Å²) in [6.45, 7) is 8.03. The van der Waals surface area contributed by atoms with Gasteiger partial charge in [-0.15, -0.1) is 0 Å². The van der Waals surface area contributed by atoms with Crippen molar-refractivity contribution in [2.24, 2.45) is 10.8 Å². The van der Waals surface area contributed by atoms with E-state index in [0.29, 0.717) is 0 Å². The molecule has 10 heteroatoms. The van der Waals surface area contributed by atoms with Gasteiger partial charge < -0.3 is 14.4 Å². The monoisotopic (exact) mass is 432 g/mol. The Morgan fingerprint density at radius 1 is 0.864 bits per heavy atom. The molecule has 0 spiro atoms. The minimum Gasteiger partial charge on any atom is -0.756 e. The zero-order chi connectivity index (χ0) is 16.9. The molecule has 0 rings (SSSR count). The number of carbonyl (C=O) groups is 2. The number of hydrogen-bond donors (Lipinski definition) is 0. The molecule has 0 saturated heterocycles. The SMILES string of the molecule is CC(C)(C)C(=O)OCOP(=O)([O-])OCOC(=O)C(C)(C)C.[Ag+]. The summed E-state index contributed by atoms with van der Waals surface area (Å²) in [5.74, 6) is -1.25. The molecule has 0 aromatic carbocycles. The predicted octanol–water partition coefficient (Wildman–Crippen LogP) is 1.58. The standard InChI is InChI=1S/C12H23O8P.Ag/c1-11(2,3)9(13)17-7-19-21(15,16)20-8-18-10(14)12(4,5)6;/h7-8H2,1-6H3,(H,15,16);/q;+1/p-1. The van der Waals surface area contributed by atoms with Gasteiger partial charge in [0.05, 0.1) is 10.8 Å². The largest absolute Gasteiger partial charge is 1.00 e. The van der Waals surface area contributed by atoms with Gasteiger partial charge in [0.15, 0.2) is 13.6 Å². The van der Waals surface area contributed by atoms with Crippen molar-refractivity contribution in [3.05, 3.63) is 0 Å². The first-order valence-electron chi connectivity index (χ1n) is 6.20. The maximum absolute atomic E-state index is 11.4. The van der Waals surface area contributed by atoms with Crippen LogP contribution in [0.1, 0.15) is 41.5 Å². The van der Waals surface area contributed by atoms with Crippen LogP contribution < -0.4 is 4.89 Å². The van der Waals surface area contributed by atoms with Crippen LogP contribution >= 0.6 is 7.82 Å². The van der Waals surface area contributed by atoms with Gasteiger partial charge in [-0.25, -0.2) is 0 Å². The molecule has 0 saturated carbocycles. The van der Waals surface area contributed by atoms with E-state index in [0.717, 1.165) is 0 Å². The molecule has 0 aromatic rings. The second-order valence-electron chi connectivity index (χ2n) is 6.30. The van der Waals surface area contributed by atoms with Gasteiger partial charge in [-0.2, -0.15) is 0 Å². The number of hydrogen-bond acceptors (Lipinski definition) is 8. The molecule has 0 aromatic heterocycles. The van der Waals surface area contributed by atoms with Gasteiger partial charge in [0, 0.05) is 0 Å². The van der Waals surface area contributed by atoms with Crippen molar-refractivity contribution in [1.82, 2.24) is 0 Å². The van der Waals surface area contributed by atoms with Crippen molar-refractivity contribution >= 4 is 19.8 Å². The van der Waals surface area contributed by atoms with Crippen molar-refractivity contribution < 1.29 is 59.9 Å². The molecule has 0 amide bonds. The van der Waals surface area contributed by atoms with E-state index >= 15 is 0 Å². The van der Waals surface area contributed by atoms with Crippen molar-refractivity contribution in [2.45, 2.75) is 41.5 Å². The van der Waals surface area contributed by atoms with E-state index in [1.165, 1.54) is 0 Å². The van der Waals surface area contributed by atoms with Gasteiger partial charge in [0.2, 0.25) is 0 Å². The summed E-state index contributed by atoms with van der Waals surface area (Å²) in [5, 5.41) is 0. The minimum absolute atomic E-state index is 0. The summed E-state index contributed by atoms with van der Waals surface area (Å²) in [5.41, 5.74) is -1.56. The van der Waals surface area contributed by atoms with Gasteiger partial charge in [-0.3, -0.25) is 23.2 Å². The van der Waals surface area contributed by atoms with E-state index in [1.807, 2.05) is 0 Å². The molecule has 0 fully saturated rings. The Morgan fingerprint density at radius 3 is 1.36 bits per heavy atom. The van der Waals surface area contributed by atoms with Gasteiger partial charge in [0.25, 0.3) is 7.82 Å². The fourth-order valence-corrected chi connectivity index (χ4v) is 1.20. The van der Waals surface area contributed by atoms with Gasteiger partial charge >= 0.3 is 34.3 Å². The van der Waals surface area contributed by atoms with Crippen LogP contribution in [0.2, 0.25) is 0 Å². The Hall–Kier alpha value is -0.210. The number of phosphoric ester groups is 1. The summed E-state index contributed by atoms with van der Waals surface area (Å²) >= 11 is 0. The second-order valence-corrected chi connectivity index (χ2v) is 7.72. The third kappa shape index (κ3) is 10.5. The van der Waals surface area contributed by atoms with Crippen LogP contribution in [0.15, 0.2) is 0 Å². The second kappa shape index (κ2) is 9.18. The summed E-state index contributed by atoms with van der Waals surface area (Å²) < 4.78 is 29.1. The number of ether oxygens (including phenoxy) is 2. The fourth-order valence-electron chi connectivity index (χ4n) is 0.759. The van der Waals surface area contributed by atoms with Gasteiger partial charge in [0.1, 0.15) is 0 Å². The molecule has 0 aliphatic heterocycles. The Labute approximate surface area is 146 Å². The third-order valence-electron chi connectivity index (χ3n) is 2.03. The summed E-state index contributed by atoms with van der Waals surface area (Å²) in [6.07, 6.45) is 0. The first kappa shape index (κ1) is 24.0. The minimum atomic E-state index is -4.71. The van der Waals surface area contributed by atoms with E-state index in [9.17, 15) is 19.0 Å². The van der Waals surface area contributed by atoms with Crippen LogP contribution in [0.3, 0.4) is 0 Å². The molecule has 0 N–H and O–H groups in total. The van der Waals surface area contributed by atoms with Crippen molar-refractivity contribution in [1.29, 1.82) is 0 Å². The summed E-state index contributed by atoms with van der Waals surface area (Å²) in [6, 6.07) is 0. The summed E-state index contributed by atoms with van der Waals surface area (Å²) in [4.78, 5) is 34.0. The molecule has 0 atom stereocenters. The smallest absolute Gasteiger partial charge is 0.756 e. The average Bonchev–Trinajstić information content (AvgIpc) is 2.25. The average molecular weight is 433 g/mol. The molecule has 0 radical (unpaired) electrons. The van der Waals surface area contributed by atoms with Crippen LogP contribution in [0.5, 0.6) is 0 Å². The number of rotatable bonds is 6. The zero-order valence-corrected chi connectivity index (χ0v) is 15.8. The summed E-state index contributed by atoms with van der Waals surface area (Å²) in [7, 11) is -4.71. The maximum atomic E-state index is 11.4. The molecule has 22 heavy (non-hydrogen) atoms. The molecule has 0 bridgehead atoms. The van der Waals surface area contributed by atoms with Crippen molar-refractivity contribution in [3.8, 4) is 0 Å². The Balaban J connectivity index is 0. The van der Waals surface area contributed by atoms with Crippen LogP contribution in [-0.2, 0) is 55.1 Å². The molecule has 0 unspecified atom stereocenters. The zero-order valence-electron chi connectivity index (χ0n) is 13.4. The predicted molar refractivity (Wildman–Crippen MR) is 70.6 cm³/mol. The number of phosphoric acid groups is 1. The van der Waals surface area contributed by atoms with Crippen LogP contribution in [0.25, 0.3) is 0 Å². The first-order chi connectivity index (χ1) is 9.26. The number of carbonyl (C=O) groups excluding carboxylic acids is 2. The Kier molecular flexibility index (Phi) is 10.0. The molecule has 0 aliphatic rings. The van der Waals surface area contributed by atoms with E-state index in [2.05, 4.69) is 18.5 Å². The molecule has 8 nitrogen and oxygen atoms in total. The molecule has 0 aliphatic carbocycles. The molecule has 134 valence electrons. The molecule has 0 heterocycles.